The van der Waals surface area contributed by atoms with Crippen molar-refractivity contribution >= 4 is 11.5 Å². The van der Waals surface area contributed by atoms with Crippen molar-refractivity contribution in [3.8, 4) is 0 Å². The van der Waals surface area contributed by atoms with E-state index in [2.05, 4.69) is 45.0 Å². The van der Waals surface area contributed by atoms with Gasteiger partial charge in [0.15, 0.2) is 0 Å². The smallest absolute Gasteiger partial charge is 0.148 e. The van der Waals surface area contributed by atoms with Crippen molar-refractivity contribution in [1.82, 2.24) is 9.78 Å². The minimum absolute atomic E-state index is 0.317. The molecule has 0 aliphatic carbocycles. The molecule has 1 aromatic rings. The second kappa shape index (κ2) is 5.43. The van der Waals surface area contributed by atoms with Gasteiger partial charge in [-0.25, -0.2) is 4.68 Å². The maximum absolute atomic E-state index is 6.09. The largest absolute Gasteiger partial charge is 0.394 e. The van der Waals surface area contributed by atoms with Crippen LogP contribution in [-0.2, 0) is 0 Å². The quantitative estimate of drug-likeness (QED) is 0.828. The molecule has 17 heavy (non-hydrogen) atoms. The Hall–Kier alpha value is -1.19. The van der Waals surface area contributed by atoms with Crippen molar-refractivity contribution in [2.45, 2.75) is 60.0 Å². The first kappa shape index (κ1) is 13.9. The summed E-state index contributed by atoms with van der Waals surface area (Å²) >= 11 is 0. The number of aryl methyl sites for hydroxylation is 1. The summed E-state index contributed by atoms with van der Waals surface area (Å²) in [5, 5.41) is 7.98. The molecule has 0 aromatic carbocycles. The molecule has 2 unspecified atom stereocenters. The lowest BCUT2D eigenvalue weighted by Gasteiger charge is -2.23. The molecule has 1 heterocycles. The molecule has 0 aliphatic heterocycles. The van der Waals surface area contributed by atoms with E-state index in [1.165, 1.54) is 0 Å². The third kappa shape index (κ3) is 2.93. The Kier molecular flexibility index (Phi) is 4.43. The van der Waals surface area contributed by atoms with E-state index in [4.69, 9.17) is 5.73 Å². The van der Waals surface area contributed by atoms with Crippen LogP contribution in [0, 0.1) is 12.8 Å². The molecule has 0 fully saturated rings. The van der Waals surface area contributed by atoms with Gasteiger partial charge in [0.1, 0.15) is 5.82 Å². The Labute approximate surface area is 105 Å². The molecule has 3 N–H and O–H groups in total. The maximum atomic E-state index is 6.09. The Morgan fingerprint density at radius 3 is 2.35 bits per heavy atom. The normalized spacial score (nSPS) is 15.0. The molecular weight excluding hydrogens is 212 g/mol. The van der Waals surface area contributed by atoms with Crippen LogP contribution in [0.1, 0.15) is 52.8 Å². The Balaban J connectivity index is 2.96. The van der Waals surface area contributed by atoms with E-state index in [1.54, 1.807) is 0 Å². The van der Waals surface area contributed by atoms with Gasteiger partial charge in [-0.05, 0) is 33.6 Å². The number of nitrogens with zero attached hydrogens (tertiary/aromatic N) is 2. The summed E-state index contributed by atoms with van der Waals surface area (Å²) in [4.78, 5) is 0. The predicted molar refractivity (Wildman–Crippen MR) is 74.3 cm³/mol. The van der Waals surface area contributed by atoms with Crippen LogP contribution in [0.2, 0.25) is 0 Å². The highest BCUT2D eigenvalue weighted by Crippen LogP contribution is 2.27. The Bertz CT molecular complexity index is 368. The fraction of sp³-hybridized carbons (Fsp3) is 0.769. The molecule has 1 aromatic heterocycles. The first-order chi connectivity index (χ1) is 7.88. The number of rotatable bonds is 5. The summed E-state index contributed by atoms with van der Waals surface area (Å²) in [6, 6.07) is 0.716. The average molecular weight is 238 g/mol. The lowest BCUT2D eigenvalue weighted by atomic mass is 10.0. The van der Waals surface area contributed by atoms with E-state index in [0.717, 1.165) is 23.6 Å². The van der Waals surface area contributed by atoms with Gasteiger partial charge in [-0.3, -0.25) is 0 Å². The fourth-order valence-electron chi connectivity index (χ4n) is 1.79. The minimum Gasteiger partial charge on any atom is -0.394 e. The summed E-state index contributed by atoms with van der Waals surface area (Å²) in [5.74, 6) is 1.58. The van der Waals surface area contributed by atoms with E-state index < -0.39 is 0 Å². The molecule has 0 amide bonds. The Morgan fingerprint density at radius 1 is 1.29 bits per heavy atom. The zero-order valence-corrected chi connectivity index (χ0v) is 11.9. The number of hydrogen-bond donors (Lipinski definition) is 2. The van der Waals surface area contributed by atoms with Gasteiger partial charge in [0.25, 0.3) is 0 Å². The SMILES string of the molecule is CCC(C)C(C)Nc1c(N)c(C)nn1C(C)C. The molecule has 0 saturated heterocycles. The van der Waals surface area contributed by atoms with Crippen LogP contribution in [-0.4, -0.2) is 15.8 Å². The highest BCUT2D eigenvalue weighted by atomic mass is 15.4. The van der Waals surface area contributed by atoms with Crippen LogP contribution in [0.15, 0.2) is 0 Å². The first-order valence-corrected chi connectivity index (χ1v) is 6.49. The van der Waals surface area contributed by atoms with Crippen LogP contribution in [0.5, 0.6) is 0 Å². The summed E-state index contributed by atoms with van der Waals surface area (Å²) in [6.45, 7) is 12.8. The van der Waals surface area contributed by atoms with Gasteiger partial charge in [-0.2, -0.15) is 5.10 Å². The number of aromatic nitrogens is 2. The van der Waals surface area contributed by atoms with Gasteiger partial charge in [0.05, 0.1) is 11.4 Å². The van der Waals surface area contributed by atoms with Crippen LogP contribution in [0.25, 0.3) is 0 Å². The lowest BCUT2D eigenvalue weighted by Crippen LogP contribution is -2.25. The molecule has 1 rings (SSSR count). The van der Waals surface area contributed by atoms with Gasteiger partial charge in [0, 0.05) is 12.1 Å². The zero-order valence-electron chi connectivity index (χ0n) is 11.9. The summed E-state index contributed by atoms with van der Waals surface area (Å²) in [6.07, 6.45) is 1.16. The number of hydrogen-bond acceptors (Lipinski definition) is 3. The van der Waals surface area contributed by atoms with Gasteiger partial charge in [-0.1, -0.05) is 20.3 Å². The highest BCUT2D eigenvalue weighted by molar-refractivity contribution is 5.65. The van der Waals surface area contributed by atoms with Crippen molar-refractivity contribution in [2.75, 3.05) is 11.1 Å². The van der Waals surface area contributed by atoms with Crippen LogP contribution < -0.4 is 11.1 Å². The summed E-state index contributed by atoms with van der Waals surface area (Å²) in [7, 11) is 0. The van der Waals surface area contributed by atoms with E-state index >= 15 is 0 Å². The van der Waals surface area contributed by atoms with E-state index in [9.17, 15) is 0 Å². The minimum atomic E-state index is 0.317. The summed E-state index contributed by atoms with van der Waals surface area (Å²) < 4.78 is 1.98. The summed E-state index contributed by atoms with van der Waals surface area (Å²) in [5.41, 5.74) is 7.76. The average Bonchev–Trinajstić information content (AvgIpc) is 2.56. The van der Waals surface area contributed by atoms with Crippen molar-refractivity contribution < 1.29 is 0 Å². The number of anilines is 2. The monoisotopic (exact) mass is 238 g/mol. The van der Waals surface area contributed by atoms with Gasteiger partial charge in [0.2, 0.25) is 0 Å². The molecule has 0 spiro atoms. The van der Waals surface area contributed by atoms with Crippen LogP contribution in [0.3, 0.4) is 0 Å². The predicted octanol–water partition coefficient (Wildman–Crippen LogP) is 3.20. The standard InChI is InChI=1S/C13H26N4/c1-7-9(4)10(5)15-13-12(14)11(6)16-17(13)8(2)3/h8-10,15H,7,14H2,1-6H3. The van der Waals surface area contributed by atoms with Crippen LogP contribution in [0.4, 0.5) is 11.5 Å². The van der Waals surface area contributed by atoms with Crippen molar-refractivity contribution in [1.29, 1.82) is 0 Å². The highest BCUT2D eigenvalue weighted by Gasteiger charge is 2.18. The molecule has 0 radical (unpaired) electrons. The Morgan fingerprint density at radius 2 is 1.88 bits per heavy atom. The number of nitrogen functional groups attached to an aromatic ring is 1. The van der Waals surface area contributed by atoms with E-state index in [1.807, 2.05) is 11.6 Å². The number of nitrogens with one attached hydrogen (secondary N) is 1. The van der Waals surface area contributed by atoms with Crippen molar-refractivity contribution in [3.63, 3.8) is 0 Å². The molecule has 98 valence electrons. The van der Waals surface area contributed by atoms with Gasteiger partial charge >= 0.3 is 0 Å². The molecule has 0 saturated carbocycles. The molecule has 0 bridgehead atoms. The fourth-order valence-corrected chi connectivity index (χ4v) is 1.79. The third-order valence-electron chi connectivity index (χ3n) is 3.48. The zero-order chi connectivity index (χ0) is 13.2. The first-order valence-electron chi connectivity index (χ1n) is 6.49. The molecule has 4 nitrogen and oxygen atoms in total. The molecular formula is C13H26N4. The topological polar surface area (TPSA) is 55.9 Å². The second-order valence-electron chi connectivity index (χ2n) is 5.20. The molecule has 4 heteroatoms. The lowest BCUT2D eigenvalue weighted by molar-refractivity contribution is 0.480. The van der Waals surface area contributed by atoms with Crippen LogP contribution >= 0.6 is 0 Å². The van der Waals surface area contributed by atoms with Crippen molar-refractivity contribution in [3.05, 3.63) is 5.69 Å². The van der Waals surface area contributed by atoms with Crippen molar-refractivity contribution in [2.24, 2.45) is 5.92 Å². The maximum Gasteiger partial charge on any atom is 0.148 e. The van der Waals surface area contributed by atoms with Gasteiger partial charge < -0.3 is 11.1 Å². The number of nitrogens with two attached hydrogens (primary N) is 1. The van der Waals surface area contributed by atoms with E-state index in [-0.39, 0.29) is 0 Å². The second-order valence-corrected chi connectivity index (χ2v) is 5.20. The molecule has 2 atom stereocenters. The van der Waals surface area contributed by atoms with Gasteiger partial charge in [-0.15, -0.1) is 0 Å². The molecule has 0 aliphatic rings. The third-order valence-corrected chi connectivity index (χ3v) is 3.48. The van der Waals surface area contributed by atoms with E-state index in [0.29, 0.717) is 18.0 Å².